The molecule has 2 aromatic heterocycles. The van der Waals surface area contributed by atoms with Crippen molar-refractivity contribution in [1.82, 2.24) is 14.8 Å². The molecular weight excluding hydrogens is 446 g/mol. The van der Waals surface area contributed by atoms with Crippen LogP contribution in [0.25, 0.3) is 10.9 Å². The molecule has 196 valence electrons. The van der Waals surface area contributed by atoms with Crippen LogP contribution in [0.2, 0.25) is 0 Å². The topological polar surface area (TPSA) is 68.0 Å². The molecule has 0 saturated heterocycles. The van der Waals surface area contributed by atoms with Gasteiger partial charge in [-0.25, -0.2) is 0 Å². The minimum atomic E-state index is -0.486. The second-order valence-corrected chi connectivity index (χ2v) is 14.2. The lowest BCUT2D eigenvalue weighted by Crippen LogP contribution is -2.55. The Kier molecular flexibility index (Phi) is 5.72. The molecule has 2 aromatic rings. The molecule has 0 spiro atoms. The molecule has 9 atom stereocenters. The molecular formula is C31H45N3O2. The van der Waals surface area contributed by atoms with E-state index in [1.54, 1.807) is 6.20 Å². The van der Waals surface area contributed by atoms with Crippen molar-refractivity contribution in [2.24, 2.45) is 52.3 Å². The summed E-state index contributed by atoms with van der Waals surface area (Å²) in [6.07, 6.45) is 14.7. The number of ketones is 1. The number of aromatic nitrogens is 3. The maximum Gasteiger partial charge on any atom is 0.158 e. The van der Waals surface area contributed by atoms with Crippen molar-refractivity contribution >= 4 is 16.7 Å². The summed E-state index contributed by atoms with van der Waals surface area (Å²) in [7, 11) is 0. The van der Waals surface area contributed by atoms with Crippen LogP contribution >= 0.6 is 0 Å². The molecule has 1 unspecified atom stereocenters. The summed E-state index contributed by atoms with van der Waals surface area (Å²) in [4.78, 5) is 18.4. The molecule has 0 bridgehead atoms. The van der Waals surface area contributed by atoms with Gasteiger partial charge in [-0.05, 0) is 111 Å². The normalized spacial score (nSPS) is 44.3. The number of hydrogen-bond donors (Lipinski definition) is 1. The number of Topliss-reactive ketones (excluding diaryl/α,β-unsaturated/α-hetero) is 1. The van der Waals surface area contributed by atoms with E-state index in [4.69, 9.17) is 0 Å². The molecule has 4 aliphatic carbocycles. The Balaban J connectivity index is 1.29. The van der Waals surface area contributed by atoms with E-state index in [9.17, 15) is 9.90 Å². The Hall–Kier alpha value is -1.75. The largest absolute Gasteiger partial charge is 0.390 e. The zero-order valence-electron chi connectivity index (χ0n) is 22.9. The van der Waals surface area contributed by atoms with Crippen LogP contribution in [0.15, 0.2) is 24.7 Å². The minimum absolute atomic E-state index is 0.0811. The van der Waals surface area contributed by atoms with Crippen LogP contribution in [0.5, 0.6) is 0 Å². The van der Waals surface area contributed by atoms with E-state index in [2.05, 4.69) is 44.7 Å². The van der Waals surface area contributed by atoms with E-state index in [1.165, 1.54) is 32.1 Å². The average Bonchev–Trinajstić information content (AvgIpc) is 3.38. The van der Waals surface area contributed by atoms with Crippen LogP contribution in [0.1, 0.15) is 86.0 Å². The second kappa shape index (κ2) is 8.38. The smallest absolute Gasteiger partial charge is 0.158 e. The van der Waals surface area contributed by atoms with Crippen molar-refractivity contribution in [3.05, 3.63) is 24.7 Å². The minimum Gasteiger partial charge on any atom is -0.390 e. The maximum absolute atomic E-state index is 14.1. The fourth-order valence-electron chi connectivity index (χ4n) is 10.1. The Morgan fingerprint density at radius 1 is 1.08 bits per heavy atom. The van der Waals surface area contributed by atoms with Gasteiger partial charge in [0.15, 0.2) is 5.78 Å². The molecule has 0 amide bonds. The van der Waals surface area contributed by atoms with Crippen LogP contribution in [0.3, 0.4) is 0 Å². The summed E-state index contributed by atoms with van der Waals surface area (Å²) in [6.45, 7) is 12.1. The van der Waals surface area contributed by atoms with Crippen molar-refractivity contribution in [3.63, 3.8) is 0 Å². The molecule has 2 heterocycles. The summed E-state index contributed by atoms with van der Waals surface area (Å²) >= 11 is 0. The first kappa shape index (κ1) is 24.6. The van der Waals surface area contributed by atoms with Crippen molar-refractivity contribution in [1.29, 1.82) is 0 Å². The maximum atomic E-state index is 14.1. The summed E-state index contributed by atoms with van der Waals surface area (Å²) in [5.41, 5.74) is 0.899. The van der Waals surface area contributed by atoms with Gasteiger partial charge in [0.05, 0.1) is 23.5 Å². The van der Waals surface area contributed by atoms with Gasteiger partial charge in [0.2, 0.25) is 0 Å². The summed E-state index contributed by atoms with van der Waals surface area (Å²) in [5, 5.41) is 16.4. The van der Waals surface area contributed by atoms with Gasteiger partial charge in [-0.15, -0.1) is 0 Å². The lowest BCUT2D eigenvalue weighted by molar-refractivity contribution is -0.151. The molecule has 5 heteroatoms. The van der Waals surface area contributed by atoms with Gasteiger partial charge in [-0.3, -0.25) is 14.5 Å². The number of aliphatic hydroxyl groups is 1. The van der Waals surface area contributed by atoms with Gasteiger partial charge >= 0.3 is 0 Å². The van der Waals surface area contributed by atoms with Crippen LogP contribution < -0.4 is 0 Å². The number of carbonyl (C=O) groups is 1. The van der Waals surface area contributed by atoms with Gasteiger partial charge in [-0.2, -0.15) is 5.10 Å². The first-order valence-electron chi connectivity index (χ1n) is 14.5. The predicted octanol–water partition coefficient (Wildman–Crippen LogP) is 6.29. The third-order valence-electron chi connectivity index (χ3n) is 12.0. The highest BCUT2D eigenvalue weighted by atomic mass is 16.3. The van der Waals surface area contributed by atoms with Crippen molar-refractivity contribution < 1.29 is 9.90 Å². The molecule has 36 heavy (non-hydrogen) atoms. The predicted molar refractivity (Wildman–Crippen MR) is 142 cm³/mol. The Morgan fingerprint density at radius 2 is 1.89 bits per heavy atom. The summed E-state index contributed by atoms with van der Waals surface area (Å²) in [6, 6.07) is 1.97. The molecule has 1 N–H and O–H groups in total. The highest BCUT2D eigenvalue weighted by molar-refractivity contribution is 5.85. The molecule has 4 aliphatic rings. The van der Waals surface area contributed by atoms with Gasteiger partial charge in [0, 0.05) is 17.5 Å². The van der Waals surface area contributed by atoms with E-state index in [0.717, 1.165) is 42.0 Å². The third kappa shape index (κ3) is 3.62. The van der Waals surface area contributed by atoms with Crippen molar-refractivity contribution in [3.8, 4) is 0 Å². The zero-order valence-corrected chi connectivity index (χ0v) is 22.9. The van der Waals surface area contributed by atoms with Crippen LogP contribution in [-0.2, 0) is 11.3 Å². The molecule has 0 aliphatic heterocycles. The molecule has 0 aromatic carbocycles. The molecule has 4 fully saturated rings. The summed E-state index contributed by atoms with van der Waals surface area (Å²) in [5.74, 6) is 4.19. The number of rotatable bonds is 4. The van der Waals surface area contributed by atoms with E-state index < -0.39 is 5.60 Å². The molecule has 0 radical (unpaired) electrons. The highest BCUT2D eigenvalue weighted by Gasteiger charge is 2.64. The first-order chi connectivity index (χ1) is 17.0. The average molecular weight is 492 g/mol. The highest BCUT2D eigenvalue weighted by Crippen LogP contribution is 2.69. The SMILES string of the molecule is CC(C)[C@@H]1C[C@H]2[C@@H]3CC[C@H]4C[C@](C)(O)CC[C@]4(C)[C@H]3CC[C@]2(C)C1C(=O)Cn1ncc2ccncc21. The lowest BCUT2D eigenvalue weighted by Gasteiger charge is -2.61. The van der Waals surface area contributed by atoms with Gasteiger partial charge in [0.25, 0.3) is 0 Å². The number of fused-ring (bicyclic) bond motifs is 6. The van der Waals surface area contributed by atoms with E-state index in [1.807, 2.05) is 23.1 Å². The van der Waals surface area contributed by atoms with Crippen molar-refractivity contribution in [2.45, 2.75) is 98.1 Å². The van der Waals surface area contributed by atoms with Gasteiger partial charge < -0.3 is 5.11 Å². The third-order valence-corrected chi connectivity index (χ3v) is 12.0. The number of pyridine rings is 1. The molecule has 6 rings (SSSR count). The van der Waals surface area contributed by atoms with Crippen LogP contribution in [0.4, 0.5) is 0 Å². The van der Waals surface area contributed by atoms with Gasteiger partial charge in [-0.1, -0.05) is 27.7 Å². The summed E-state index contributed by atoms with van der Waals surface area (Å²) < 4.78 is 1.88. The van der Waals surface area contributed by atoms with Crippen molar-refractivity contribution in [2.75, 3.05) is 0 Å². The fraction of sp³-hybridized carbons (Fsp3) is 0.774. The van der Waals surface area contributed by atoms with Crippen LogP contribution in [0, 0.1) is 52.3 Å². The number of carbonyl (C=O) groups excluding carboxylic acids is 1. The monoisotopic (exact) mass is 491 g/mol. The van der Waals surface area contributed by atoms with Crippen LogP contribution in [-0.4, -0.2) is 31.3 Å². The zero-order chi connectivity index (χ0) is 25.5. The molecule has 4 saturated carbocycles. The number of hydrogen-bond acceptors (Lipinski definition) is 4. The first-order valence-corrected chi connectivity index (χ1v) is 14.5. The van der Waals surface area contributed by atoms with E-state index in [-0.39, 0.29) is 11.3 Å². The van der Waals surface area contributed by atoms with E-state index in [0.29, 0.717) is 41.4 Å². The fourth-order valence-corrected chi connectivity index (χ4v) is 10.1. The Morgan fingerprint density at radius 3 is 2.67 bits per heavy atom. The second-order valence-electron chi connectivity index (χ2n) is 14.2. The Labute approximate surface area is 216 Å². The standard InChI is InChI=1S/C31H45N3O2/c1-19(2)23-14-25-22-7-6-21-15-29(3,36)11-12-30(21,4)24(22)8-10-31(25,5)28(23)27(35)18-34-26-17-32-13-9-20(26)16-33-34/h9,13,16-17,19,21-25,28,36H,6-8,10-12,14-15,18H2,1-5H3/t21-,22+,23-,24-,25-,28?,29+,30-,31-/m0/s1. The van der Waals surface area contributed by atoms with E-state index >= 15 is 0 Å². The van der Waals surface area contributed by atoms with Gasteiger partial charge in [0.1, 0.15) is 6.54 Å². The molecule has 5 nitrogen and oxygen atoms in total. The Bertz CT molecular complexity index is 1150. The quantitative estimate of drug-likeness (QED) is 0.545. The number of nitrogens with zero attached hydrogens (tertiary/aromatic N) is 3. The lowest BCUT2D eigenvalue weighted by atomic mass is 9.44.